The van der Waals surface area contributed by atoms with Crippen molar-refractivity contribution in [1.82, 2.24) is 19.7 Å². The molecule has 35 heavy (non-hydrogen) atoms. The summed E-state index contributed by atoms with van der Waals surface area (Å²) in [5.41, 5.74) is 5.52. The summed E-state index contributed by atoms with van der Waals surface area (Å²) >= 11 is 0. The zero-order chi connectivity index (χ0) is 24.7. The lowest BCUT2D eigenvalue weighted by atomic mass is 9.97. The fraction of sp³-hybridized carbons (Fsp3) is 0.407. The maximum absolute atomic E-state index is 15.0. The number of pyridine rings is 1. The number of allylic oxidation sites excluding steroid dienone is 2. The van der Waals surface area contributed by atoms with Crippen LogP contribution in [0.25, 0.3) is 16.7 Å². The van der Waals surface area contributed by atoms with E-state index in [1.54, 1.807) is 0 Å². The number of aryl methyl sites for hydroxylation is 1. The average Bonchev–Trinajstić information content (AvgIpc) is 3.45. The Morgan fingerprint density at radius 2 is 1.71 bits per heavy atom. The minimum atomic E-state index is -0.709. The van der Waals surface area contributed by atoms with E-state index >= 15 is 8.78 Å². The SMILES string of the molecule is COc1cc(OC)c(F)c(CC2=CCc3ncc(-c4cn(C5CCN(C)CC5)nc4C)cc32)c1F. The Morgan fingerprint density at radius 3 is 2.37 bits per heavy atom. The Hall–Kier alpha value is -3.26. The van der Waals surface area contributed by atoms with Gasteiger partial charge in [-0.3, -0.25) is 9.67 Å². The molecule has 3 aromatic rings. The van der Waals surface area contributed by atoms with Crippen LogP contribution in [0.2, 0.25) is 0 Å². The van der Waals surface area contributed by atoms with Crippen molar-refractivity contribution in [3.8, 4) is 22.6 Å². The van der Waals surface area contributed by atoms with Gasteiger partial charge in [0.2, 0.25) is 0 Å². The van der Waals surface area contributed by atoms with Gasteiger partial charge in [-0.1, -0.05) is 6.08 Å². The summed E-state index contributed by atoms with van der Waals surface area (Å²) in [7, 11) is 4.86. The van der Waals surface area contributed by atoms with Crippen molar-refractivity contribution in [1.29, 1.82) is 0 Å². The molecule has 0 saturated carbocycles. The number of rotatable bonds is 6. The Labute approximate surface area is 204 Å². The highest BCUT2D eigenvalue weighted by Gasteiger charge is 2.25. The molecule has 2 aliphatic rings. The van der Waals surface area contributed by atoms with Crippen molar-refractivity contribution >= 4 is 5.57 Å². The number of piperidine rings is 1. The van der Waals surface area contributed by atoms with Crippen LogP contribution in [0.15, 0.2) is 30.6 Å². The van der Waals surface area contributed by atoms with Crippen LogP contribution in [-0.2, 0) is 12.8 Å². The van der Waals surface area contributed by atoms with Crippen molar-refractivity contribution in [2.24, 2.45) is 0 Å². The molecule has 8 heteroatoms. The van der Waals surface area contributed by atoms with Crippen molar-refractivity contribution in [2.75, 3.05) is 34.4 Å². The number of nitrogens with zero attached hydrogens (tertiary/aromatic N) is 4. The minimum absolute atomic E-state index is 0.0408. The van der Waals surface area contributed by atoms with E-state index in [1.807, 2.05) is 19.2 Å². The molecule has 0 radical (unpaired) electrons. The fourth-order valence-corrected chi connectivity index (χ4v) is 5.07. The summed E-state index contributed by atoms with van der Waals surface area (Å²) < 4.78 is 42.3. The van der Waals surface area contributed by atoms with E-state index in [0.29, 0.717) is 12.5 Å². The molecule has 1 aliphatic heterocycles. The first-order valence-corrected chi connectivity index (χ1v) is 11.9. The number of benzene rings is 1. The van der Waals surface area contributed by atoms with Crippen LogP contribution in [-0.4, -0.2) is 54.0 Å². The lowest BCUT2D eigenvalue weighted by Gasteiger charge is -2.29. The van der Waals surface area contributed by atoms with E-state index < -0.39 is 11.6 Å². The predicted octanol–water partition coefficient (Wildman–Crippen LogP) is 5.00. The predicted molar refractivity (Wildman–Crippen MR) is 131 cm³/mol. The molecular weight excluding hydrogens is 450 g/mol. The Morgan fingerprint density at radius 1 is 1.03 bits per heavy atom. The smallest absolute Gasteiger partial charge is 0.171 e. The first kappa shape index (κ1) is 23.5. The van der Waals surface area contributed by atoms with Gasteiger partial charge in [-0.2, -0.15) is 5.10 Å². The number of ether oxygens (including phenoxy) is 2. The second kappa shape index (κ2) is 9.41. The van der Waals surface area contributed by atoms with Crippen LogP contribution >= 0.6 is 0 Å². The molecule has 1 aromatic carbocycles. The second-order valence-electron chi connectivity index (χ2n) is 9.36. The molecule has 1 saturated heterocycles. The topological polar surface area (TPSA) is 52.4 Å². The minimum Gasteiger partial charge on any atom is -0.494 e. The van der Waals surface area contributed by atoms with Crippen LogP contribution < -0.4 is 9.47 Å². The van der Waals surface area contributed by atoms with Gasteiger partial charge < -0.3 is 14.4 Å². The molecule has 0 spiro atoms. The Kier molecular flexibility index (Phi) is 6.32. The van der Waals surface area contributed by atoms with Crippen molar-refractivity contribution < 1.29 is 18.3 Å². The van der Waals surface area contributed by atoms with Crippen LogP contribution in [0.4, 0.5) is 8.78 Å². The number of fused-ring (bicyclic) bond motifs is 1. The molecule has 1 fully saturated rings. The summed E-state index contributed by atoms with van der Waals surface area (Å²) in [6, 6.07) is 3.69. The normalized spacial score (nSPS) is 16.3. The molecule has 0 bridgehead atoms. The van der Waals surface area contributed by atoms with Crippen LogP contribution in [0.1, 0.15) is 41.4 Å². The highest BCUT2D eigenvalue weighted by molar-refractivity contribution is 5.78. The van der Waals surface area contributed by atoms with Gasteiger partial charge in [-0.15, -0.1) is 0 Å². The van der Waals surface area contributed by atoms with Gasteiger partial charge in [0, 0.05) is 53.6 Å². The zero-order valence-corrected chi connectivity index (χ0v) is 20.6. The second-order valence-corrected chi connectivity index (χ2v) is 9.36. The molecular formula is C27H30F2N4O2. The lowest BCUT2D eigenvalue weighted by molar-refractivity contribution is 0.212. The van der Waals surface area contributed by atoms with Crippen LogP contribution in [0, 0.1) is 18.6 Å². The highest BCUT2D eigenvalue weighted by Crippen LogP contribution is 2.38. The van der Waals surface area contributed by atoms with Gasteiger partial charge in [0.1, 0.15) is 0 Å². The highest BCUT2D eigenvalue weighted by atomic mass is 19.1. The molecule has 5 rings (SSSR count). The summed E-state index contributed by atoms with van der Waals surface area (Å²) in [6.45, 7) is 4.14. The molecule has 2 aromatic heterocycles. The number of hydrogen-bond donors (Lipinski definition) is 0. The van der Waals surface area contributed by atoms with E-state index in [4.69, 9.17) is 14.6 Å². The molecule has 0 atom stereocenters. The largest absolute Gasteiger partial charge is 0.494 e. The molecule has 6 nitrogen and oxygen atoms in total. The molecule has 0 amide bonds. The Balaban J connectivity index is 1.45. The molecule has 184 valence electrons. The summed E-state index contributed by atoms with van der Waals surface area (Å²) in [5, 5.41) is 4.81. The quantitative estimate of drug-likeness (QED) is 0.497. The maximum Gasteiger partial charge on any atom is 0.171 e. The van der Waals surface area contributed by atoms with Gasteiger partial charge in [0.25, 0.3) is 0 Å². The monoisotopic (exact) mass is 480 g/mol. The van der Waals surface area contributed by atoms with Gasteiger partial charge in [-0.25, -0.2) is 8.78 Å². The average molecular weight is 481 g/mol. The number of halogens is 2. The van der Waals surface area contributed by atoms with Gasteiger partial charge in [0.15, 0.2) is 23.1 Å². The summed E-state index contributed by atoms with van der Waals surface area (Å²) in [6.07, 6.45) is 8.83. The van der Waals surface area contributed by atoms with Crippen LogP contribution in [0.5, 0.6) is 11.5 Å². The maximum atomic E-state index is 15.0. The van der Waals surface area contributed by atoms with E-state index in [9.17, 15) is 0 Å². The first-order chi connectivity index (χ1) is 16.9. The number of methoxy groups -OCH3 is 2. The van der Waals surface area contributed by atoms with E-state index in [2.05, 4.69) is 33.9 Å². The van der Waals surface area contributed by atoms with Crippen LogP contribution in [0.3, 0.4) is 0 Å². The van der Waals surface area contributed by atoms with Gasteiger partial charge in [0.05, 0.1) is 31.6 Å². The third-order valence-electron chi connectivity index (χ3n) is 7.18. The third-order valence-corrected chi connectivity index (χ3v) is 7.18. The first-order valence-electron chi connectivity index (χ1n) is 11.9. The lowest BCUT2D eigenvalue weighted by Crippen LogP contribution is -2.31. The molecule has 3 heterocycles. The fourth-order valence-electron chi connectivity index (χ4n) is 5.07. The Bertz CT molecular complexity index is 1260. The number of likely N-dealkylation sites (tertiary alicyclic amines) is 1. The molecule has 0 N–H and O–H groups in total. The van der Waals surface area contributed by atoms with Gasteiger partial charge in [-0.05, 0) is 51.5 Å². The van der Waals surface area contributed by atoms with Gasteiger partial charge >= 0.3 is 0 Å². The summed E-state index contributed by atoms with van der Waals surface area (Å²) in [4.78, 5) is 7.02. The number of aromatic nitrogens is 3. The van der Waals surface area contributed by atoms with E-state index in [1.165, 1.54) is 20.3 Å². The van der Waals surface area contributed by atoms with Crippen molar-refractivity contribution in [2.45, 2.75) is 38.6 Å². The standard InChI is InChI=1S/C27H30F2N4O2/c1-16-22(15-33(31-16)19-7-9-32(2)10-8-19)18-12-20-17(5-6-23(20)30-14-18)11-21-26(28)24(34-3)13-25(35-4)27(21)29/h5,12-15,19H,6-11H2,1-4H3. The molecule has 0 unspecified atom stereocenters. The van der Waals surface area contributed by atoms with E-state index in [-0.39, 0.29) is 23.5 Å². The van der Waals surface area contributed by atoms with Crippen molar-refractivity contribution in [3.63, 3.8) is 0 Å². The van der Waals surface area contributed by atoms with E-state index in [0.717, 1.165) is 59.6 Å². The third kappa shape index (κ3) is 4.31. The number of hydrogen-bond acceptors (Lipinski definition) is 5. The van der Waals surface area contributed by atoms with Crippen molar-refractivity contribution in [3.05, 3.63) is 64.8 Å². The molecule has 1 aliphatic carbocycles. The zero-order valence-electron chi connectivity index (χ0n) is 20.6. The summed E-state index contributed by atoms with van der Waals surface area (Å²) in [5.74, 6) is -1.50.